The van der Waals surface area contributed by atoms with Gasteiger partial charge in [-0.25, -0.2) is 8.78 Å². The van der Waals surface area contributed by atoms with Gasteiger partial charge in [-0.05, 0) is 29.7 Å². The minimum Gasteiger partial charge on any atom is -0.303 e. The van der Waals surface area contributed by atoms with E-state index in [1.54, 1.807) is 6.92 Å². The number of benzene rings is 1. The van der Waals surface area contributed by atoms with Crippen LogP contribution in [0.3, 0.4) is 0 Å². The summed E-state index contributed by atoms with van der Waals surface area (Å²) in [7, 11) is 0. The Morgan fingerprint density at radius 2 is 2.15 bits per heavy atom. The lowest BCUT2D eigenvalue weighted by atomic mass is 9.98. The topological polar surface area (TPSA) is 17.1 Å². The summed E-state index contributed by atoms with van der Waals surface area (Å²) in [4.78, 5) is 10.2. The van der Waals surface area contributed by atoms with Gasteiger partial charge in [0.25, 0.3) is 0 Å². The Labute approximate surface area is 75.4 Å². The summed E-state index contributed by atoms with van der Waals surface area (Å²) < 4.78 is 25.8. The monoisotopic (exact) mass is 184 g/mol. The molecule has 0 aliphatic heterocycles. The van der Waals surface area contributed by atoms with Gasteiger partial charge in [-0.15, -0.1) is 0 Å². The number of halogens is 2. The lowest BCUT2D eigenvalue weighted by Crippen LogP contribution is -1.98. The highest BCUT2D eigenvalue weighted by Gasteiger charge is 2.10. The highest BCUT2D eigenvalue weighted by molar-refractivity contribution is 5.51. The fourth-order valence-electron chi connectivity index (χ4n) is 1.16. The van der Waals surface area contributed by atoms with E-state index < -0.39 is 11.6 Å². The number of carbonyl (C=O) groups is 1. The predicted octanol–water partition coefficient (Wildman–Crippen LogP) is 2.66. The maximum Gasteiger partial charge on any atom is 0.126 e. The Morgan fingerprint density at radius 3 is 2.77 bits per heavy atom. The molecule has 1 aromatic rings. The molecule has 3 heteroatoms. The second-order valence-electron chi connectivity index (χ2n) is 2.97. The van der Waals surface area contributed by atoms with Crippen LogP contribution in [0.2, 0.25) is 0 Å². The van der Waals surface area contributed by atoms with Gasteiger partial charge in [0.05, 0.1) is 0 Å². The Bertz CT molecular complexity index is 310. The van der Waals surface area contributed by atoms with Crippen LogP contribution >= 0.6 is 0 Å². The molecule has 1 unspecified atom stereocenters. The van der Waals surface area contributed by atoms with Gasteiger partial charge < -0.3 is 4.79 Å². The molecule has 0 heterocycles. The van der Waals surface area contributed by atoms with E-state index in [0.29, 0.717) is 6.29 Å². The molecule has 0 amide bonds. The molecule has 13 heavy (non-hydrogen) atoms. The molecule has 0 fully saturated rings. The standard InChI is InChI=1S/C10H10F2O/c1-7(4-5-13)9-6-8(11)2-3-10(9)12/h2-3,5-7H,4H2,1H3. The molecule has 0 radical (unpaired) electrons. The predicted molar refractivity (Wildman–Crippen MR) is 45.5 cm³/mol. The van der Waals surface area contributed by atoms with Crippen molar-refractivity contribution in [3.8, 4) is 0 Å². The van der Waals surface area contributed by atoms with E-state index in [1.165, 1.54) is 0 Å². The van der Waals surface area contributed by atoms with E-state index in [9.17, 15) is 13.6 Å². The van der Waals surface area contributed by atoms with Gasteiger partial charge in [0.1, 0.15) is 17.9 Å². The van der Waals surface area contributed by atoms with Crippen molar-refractivity contribution in [1.29, 1.82) is 0 Å². The highest BCUT2D eigenvalue weighted by Crippen LogP contribution is 2.21. The molecule has 1 nitrogen and oxygen atoms in total. The maximum absolute atomic E-state index is 13.1. The SMILES string of the molecule is CC(CC=O)c1cc(F)ccc1F. The molecule has 0 spiro atoms. The van der Waals surface area contributed by atoms with E-state index in [0.717, 1.165) is 18.2 Å². The Kier molecular flexibility index (Phi) is 3.12. The van der Waals surface area contributed by atoms with Crippen molar-refractivity contribution in [2.24, 2.45) is 0 Å². The van der Waals surface area contributed by atoms with Gasteiger partial charge in [0.2, 0.25) is 0 Å². The van der Waals surface area contributed by atoms with Crippen molar-refractivity contribution in [2.45, 2.75) is 19.3 Å². The van der Waals surface area contributed by atoms with E-state index in [2.05, 4.69) is 0 Å². The number of hydrogen-bond donors (Lipinski definition) is 0. The van der Waals surface area contributed by atoms with Crippen LogP contribution in [0, 0.1) is 11.6 Å². The second-order valence-corrected chi connectivity index (χ2v) is 2.97. The van der Waals surface area contributed by atoms with E-state index >= 15 is 0 Å². The maximum atomic E-state index is 13.1. The normalized spacial score (nSPS) is 12.5. The van der Waals surface area contributed by atoms with Crippen LogP contribution < -0.4 is 0 Å². The smallest absolute Gasteiger partial charge is 0.126 e. The molecule has 70 valence electrons. The van der Waals surface area contributed by atoms with Gasteiger partial charge >= 0.3 is 0 Å². The van der Waals surface area contributed by atoms with E-state index in [-0.39, 0.29) is 17.9 Å². The van der Waals surface area contributed by atoms with Crippen LogP contribution in [0.1, 0.15) is 24.8 Å². The van der Waals surface area contributed by atoms with Gasteiger partial charge in [-0.3, -0.25) is 0 Å². The van der Waals surface area contributed by atoms with E-state index in [4.69, 9.17) is 0 Å². The summed E-state index contributed by atoms with van der Waals surface area (Å²) in [5, 5.41) is 0. The summed E-state index contributed by atoms with van der Waals surface area (Å²) >= 11 is 0. The first kappa shape index (κ1) is 9.84. The van der Waals surface area contributed by atoms with Gasteiger partial charge in [-0.1, -0.05) is 6.92 Å². The summed E-state index contributed by atoms with van der Waals surface area (Å²) in [5.74, 6) is -1.21. The zero-order chi connectivity index (χ0) is 9.84. The first-order valence-electron chi connectivity index (χ1n) is 4.03. The van der Waals surface area contributed by atoms with Crippen LogP contribution in [0.4, 0.5) is 8.78 Å². The molecule has 1 rings (SSSR count). The van der Waals surface area contributed by atoms with Crippen LogP contribution in [0.15, 0.2) is 18.2 Å². The molecule has 1 aromatic carbocycles. The lowest BCUT2D eigenvalue weighted by molar-refractivity contribution is -0.108. The quantitative estimate of drug-likeness (QED) is 0.660. The molecule has 0 aromatic heterocycles. The number of hydrogen-bond acceptors (Lipinski definition) is 1. The van der Waals surface area contributed by atoms with Crippen molar-refractivity contribution in [2.75, 3.05) is 0 Å². The molecule has 0 saturated heterocycles. The minimum absolute atomic E-state index is 0.209. The molecule has 0 N–H and O–H groups in total. The van der Waals surface area contributed by atoms with Crippen molar-refractivity contribution >= 4 is 6.29 Å². The Hall–Kier alpha value is -1.25. The molecule has 0 aliphatic rings. The molecule has 0 saturated carbocycles. The highest BCUT2D eigenvalue weighted by atomic mass is 19.1. The number of carbonyl (C=O) groups excluding carboxylic acids is 1. The van der Waals surface area contributed by atoms with Gasteiger partial charge in [0, 0.05) is 6.42 Å². The van der Waals surface area contributed by atoms with Gasteiger partial charge in [-0.2, -0.15) is 0 Å². The van der Waals surface area contributed by atoms with Crippen LogP contribution in [0.5, 0.6) is 0 Å². The summed E-state index contributed by atoms with van der Waals surface area (Å²) in [5.41, 5.74) is 0.257. The average molecular weight is 184 g/mol. The average Bonchev–Trinajstić information content (AvgIpc) is 2.09. The van der Waals surface area contributed by atoms with Crippen molar-refractivity contribution < 1.29 is 13.6 Å². The van der Waals surface area contributed by atoms with Gasteiger partial charge in [0.15, 0.2) is 0 Å². The molecule has 0 bridgehead atoms. The zero-order valence-electron chi connectivity index (χ0n) is 7.26. The van der Waals surface area contributed by atoms with Crippen molar-refractivity contribution in [3.05, 3.63) is 35.4 Å². The fourth-order valence-corrected chi connectivity index (χ4v) is 1.16. The first-order valence-corrected chi connectivity index (χ1v) is 4.03. The lowest BCUT2D eigenvalue weighted by Gasteiger charge is -2.08. The summed E-state index contributed by atoms with van der Waals surface area (Å²) in [6, 6.07) is 3.27. The van der Waals surface area contributed by atoms with E-state index in [1.807, 2.05) is 0 Å². The first-order chi connectivity index (χ1) is 6.15. The fraction of sp³-hybridized carbons (Fsp3) is 0.300. The zero-order valence-corrected chi connectivity index (χ0v) is 7.26. The summed E-state index contributed by atoms with van der Waals surface area (Å²) in [6.07, 6.45) is 0.912. The van der Waals surface area contributed by atoms with Crippen LogP contribution in [-0.2, 0) is 4.79 Å². The third-order valence-corrected chi connectivity index (χ3v) is 1.94. The number of rotatable bonds is 3. The third kappa shape index (κ3) is 2.34. The van der Waals surface area contributed by atoms with Crippen molar-refractivity contribution in [1.82, 2.24) is 0 Å². The van der Waals surface area contributed by atoms with Crippen LogP contribution in [-0.4, -0.2) is 6.29 Å². The Balaban J connectivity index is 2.97. The molecular weight excluding hydrogens is 174 g/mol. The summed E-state index contributed by atoms with van der Waals surface area (Å²) in [6.45, 7) is 1.69. The molecule has 0 aliphatic carbocycles. The minimum atomic E-state index is -0.478. The number of aldehydes is 1. The van der Waals surface area contributed by atoms with Crippen molar-refractivity contribution in [3.63, 3.8) is 0 Å². The molecular formula is C10H10F2O. The van der Waals surface area contributed by atoms with Crippen LogP contribution in [0.25, 0.3) is 0 Å². The largest absolute Gasteiger partial charge is 0.303 e. The molecule has 1 atom stereocenters. The second kappa shape index (κ2) is 4.12. The Morgan fingerprint density at radius 1 is 1.46 bits per heavy atom. The third-order valence-electron chi connectivity index (χ3n) is 1.94.